The molecule has 0 bridgehead atoms. The van der Waals surface area contributed by atoms with E-state index in [4.69, 9.17) is 18.5 Å². The van der Waals surface area contributed by atoms with Crippen molar-refractivity contribution in [3.05, 3.63) is 12.2 Å². The third-order valence-electron chi connectivity index (χ3n) is 5.88. The Balaban J connectivity index is 3.55. The molecule has 2 atom stereocenters. The predicted octanol–water partition coefficient (Wildman–Crippen LogP) is 6.90. The number of ether oxygens (including phenoxy) is 2. The second-order valence-corrected chi connectivity index (χ2v) is 11.9. The van der Waals surface area contributed by atoms with E-state index in [2.05, 4.69) is 19.1 Å². The highest BCUT2D eigenvalue weighted by Gasteiger charge is 2.24. The molecule has 0 heterocycles. The van der Waals surface area contributed by atoms with Gasteiger partial charge in [0.1, 0.15) is 19.3 Å². The summed E-state index contributed by atoms with van der Waals surface area (Å²) in [5.41, 5.74) is 0. The van der Waals surface area contributed by atoms with Crippen LogP contribution in [0.3, 0.4) is 0 Å². The predicted molar refractivity (Wildman–Crippen MR) is 146 cm³/mol. The third kappa shape index (κ3) is 26.6. The van der Waals surface area contributed by atoms with Crippen molar-refractivity contribution < 1.29 is 32.5 Å². The number of methoxy groups -OCH3 is 1. The molecule has 0 saturated carbocycles. The molecule has 7 nitrogen and oxygen atoms in total. The monoisotopic (exact) mass is 522 g/mol. The van der Waals surface area contributed by atoms with Crippen LogP contribution in [0.5, 0.6) is 0 Å². The molecule has 0 aliphatic carbocycles. The molecule has 0 aliphatic rings. The maximum absolute atomic E-state index is 12.0. The third-order valence-corrected chi connectivity index (χ3v) is 6.86. The molecule has 0 aromatic carbocycles. The standard InChI is InChI=1S/C27H56NO6P/c1-6-7-8-9-10-11-12-13-14-15-16-17-18-19-20-21-23-32-25-27(31-5)26-34-35(29,30)33-24-22-28(2,3)4/h13-14,27H,6-12,15-26H2,1-5H3/p+1/b14-13-/t27-/m0/s1. The van der Waals surface area contributed by atoms with Crippen molar-refractivity contribution in [2.45, 2.75) is 103 Å². The van der Waals surface area contributed by atoms with E-state index in [0.29, 0.717) is 24.2 Å². The molecule has 35 heavy (non-hydrogen) atoms. The molecule has 0 rings (SSSR count). The van der Waals surface area contributed by atoms with Gasteiger partial charge in [-0.1, -0.05) is 76.9 Å². The first-order valence-corrected chi connectivity index (χ1v) is 15.4. The molecule has 1 unspecified atom stereocenters. The van der Waals surface area contributed by atoms with Crippen molar-refractivity contribution in [3.63, 3.8) is 0 Å². The molecule has 0 aromatic rings. The van der Waals surface area contributed by atoms with Crippen LogP contribution in [0.4, 0.5) is 0 Å². The van der Waals surface area contributed by atoms with Gasteiger partial charge in [0.25, 0.3) is 0 Å². The van der Waals surface area contributed by atoms with Crippen LogP contribution in [-0.2, 0) is 23.1 Å². The molecule has 1 N–H and O–H groups in total. The summed E-state index contributed by atoms with van der Waals surface area (Å²) in [4.78, 5) is 9.79. The van der Waals surface area contributed by atoms with Gasteiger partial charge in [0.2, 0.25) is 0 Å². The highest BCUT2D eigenvalue weighted by molar-refractivity contribution is 7.47. The Bertz CT molecular complexity index is 538. The zero-order valence-electron chi connectivity index (χ0n) is 23.5. The molecule has 8 heteroatoms. The average molecular weight is 523 g/mol. The van der Waals surface area contributed by atoms with Crippen molar-refractivity contribution in [1.82, 2.24) is 0 Å². The van der Waals surface area contributed by atoms with E-state index < -0.39 is 13.9 Å². The lowest BCUT2D eigenvalue weighted by Crippen LogP contribution is -2.37. The Morgan fingerprint density at radius 3 is 1.86 bits per heavy atom. The molecule has 210 valence electrons. The van der Waals surface area contributed by atoms with Gasteiger partial charge in [-0.15, -0.1) is 0 Å². The van der Waals surface area contributed by atoms with Crippen molar-refractivity contribution in [2.75, 3.05) is 61.2 Å². The van der Waals surface area contributed by atoms with E-state index in [9.17, 15) is 9.46 Å². The Morgan fingerprint density at radius 2 is 1.31 bits per heavy atom. The largest absolute Gasteiger partial charge is 0.472 e. The number of hydrogen-bond donors (Lipinski definition) is 1. The summed E-state index contributed by atoms with van der Waals surface area (Å²) in [6, 6.07) is 0. The fourth-order valence-electron chi connectivity index (χ4n) is 3.50. The second-order valence-electron chi connectivity index (χ2n) is 10.5. The molecule has 0 aliphatic heterocycles. The quantitative estimate of drug-likeness (QED) is 0.0577. The summed E-state index contributed by atoms with van der Waals surface area (Å²) in [5.74, 6) is 0. The van der Waals surface area contributed by atoms with Gasteiger partial charge in [0.15, 0.2) is 0 Å². The van der Waals surface area contributed by atoms with Crippen LogP contribution in [0.15, 0.2) is 12.2 Å². The normalized spacial score (nSPS) is 15.0. The molecule has 0 radical (unpaired) electrons. The van der Waals surface area contributed by atoms with E-state index in [1.54, 1.807) is 7.11 Å². The minimum atomic E-state index is -4.07. The van der Waals surface area contributed by atoms with Crippen molar-refractivity contribution in [2.24, 2.45) is 0 Å². The number of phosphoric ester groups is 1. The lowest BCUT2D eigenvalue weighted by atomic mass is 10.1. The van der Waals surface area contributed by atoms with E-state index in [1.165, 1.54) is 77.0 Å². The van der Waals surface area contributed by atoms with Crippen LogP contribution in [0.2, 0.25) is 0 Å². The zero-order valence-corrected chi connectivity index (χ0v) is 24.4. The van der Waals surface area contributed by atoms with E-state index in [-0.39, 0.29) is 13.2 Å². The van der Waals surface area contributed by atoms with Crippen molar-refractivity contribution in [3.8, 4) is 0 Å². The fraction of sp³-hybridized carbons (Fsp3) is 0.926. The maximum atomic E-state index is 12.0. The molecule has 0 saturated heterocycles. The average Bonchev–Trinajstić information content (AvgIpc) is 2.79. The molecule has 0 fully saturated rings. The van der Waals surface area contributed by atoms with Crippen molar-refractivity contribution in [1.29, 1.82) is 0 Å². The van der Waals surface area contributed by atoms with Gasteiger partial charge in [0, 0.05) is 13.7 Å². The van der Waals surface area contributed by atoms with Crippen LogP contribution < -0.4 is 0 Å². The number of rotatable bonds is 26. The Kier molecular flexibility index (Phi) is 22.7. The minimum absolute atomic E-state index is 0.0396. The number of nitrogens with zero attached hydrogens (tertiary/aromatic N) is 1. The van der Waals surface area contributed by atoms with E-state index in [1.807, 2.05) is 21.1 Å². The summed E-state index contributed by atoms with van der Waals surface area (Å²) >= 11 is 0. The number of phosphoric acid groups is 1. The number of allylic oxidation sites excluding steroid dienone is 2. The SMILES string of the molecule is CCCCCCCC/C=C\CCCCCCCCOC[C@@H](COP(=O)(O)OCC[N+](C)(C)C)OC. The Morgan fingerprint density at radius 1 is 0.771 bits per heavy atom. The highest BCUT2D eigenvalue weighted by atomic mass is 31.2. The molecule has 0 aromatic heterocycles. The second kappa shape index (κ2) is 22.9. The topological polar surface area (TPSA) is 74.2 Å². The van der Waals surface area contributed by atoms with Gasteiger partial charge in [-0.2, -0.15) is 0 Å². The van der Waals surface area contributed by atoms with Crippen LogP contribution in [-0.4, -0.2) is 76.7 Å². The van der Waals surface area contributed by atoms with Gasteiger partial charge in [0.05, 0.1) is 34.4 Å². The van der Waals surface area contributed by atoms with Crippen molar-refractivity contribution >= 4 is 7.82 Å². The minimum Gasteiger partial charge on any atom is -0.379 e. The molecular weight excluding hydrogens is 465 g/mol. The van der Waals surface area contributed by atoms with Crippen LogP contribution in [0, 0.1) is 0 Å². The highest BCUT2D eigenvalue weighted by Crippen LogP contribution is 2.43. The number of unbranched alkanes of at least 4 members (excludes halogenated alkanes) is 12. The summed E-state index contributed by atoms with van der Waals surface area (Å²) < 4.78 is 33.6. The maximum Gasteiger partial charge on any atom is 0.472 e. The van der Waals surface area contributed by atoms with Gasteiger partial charge in [-0.3, -0.25) is 9.05 Å². The number of likely N-dealkylation sites (N-methyl/N-ethyl adjacent to an activating group) is 1. The summed E-state index contributed by atoms with van der Waals surface area (Å²) in [5, 5.41) is 0. The summed E-state index contributed by atoms with van der Waals surface area (Å²) in [6.07, 6.45) is 22.3. The molecule has 0 amide bonds. The Hall–Kier alpha value is -0.270. The van der Waals surface area contributed by atoms with Gasteiger partial charge < -0.3 is 18.9 Å². The van der Waals surface area contributed by atoms with Crippen LogP contribution in [0.1, 0.15) is 96.8 Å². The first-order chi connectivity index (χ1) is 16.7. The summed E-state index contributed by atoms with van der Waals surface area (Å²) in [6.45, 7) is 3.99. The van der Waals surface area contributed by atoms with E-state index in [0.717, 1.165) is 12.8 Å². The first-order valence-electron chi connectivity index (χ1n) is 13.9. The summed E-state index contributed by atoms with van der Waals surface area (Å²) in [7, 11) is 3.43. The fourth-order valence-corrected chi connectivity index (χ4v) is 4.24. The lowest BCUT2D eigenvalue weighted by molar-refractivity contribution is -0.870. The van der Waals surface area contributed by atoms with Gasteiger partial charge in [-0.05, 0) is 32.1 Å². The first kappa shape index (κ1) is 34.7. The smallest absolute Gasteiger partial charge is 0.379 e. The lowest BCUT2D eigenvalue weighted by Gasteiger charge is -2.24. The zero-order chi connectivity index (χ0) is 26.3. The molecular formula is C27H57NO6P+. The van der Waals surface area contributed by atoms with Crippen LogP contribution in [0.25, 0.3) is 0 Å². The van der Waals surface area contributed by atoms with Gasteiger partial charge in [-0.25, -0.2) is 4.57 Å². The van der Waals surface area contributed by atoms with E-state index >= 15 is 0 Å². The number of hydrogen-bond acceptors (Lipinski definition) is 5. The Labute approximate surface area is 216 Å². The molecule has 0 spiro atoms. The van der Waals surface area contributed by atoms with Gasteiger partial charge >= 0.3 is 7.82 Å². The van der Waals surface area contributed by atoms with Crippen LogP contribution >= 0.6 is 7.82 Å². The number of quaternary nitrogens is 1.